The Balaban J connectivity index is 2.73. The van der Waals surface area contributed by atoms with Crippen LogP contribution in [0, 0.1) is 0 Å². The smallest absolute Gasteiger partial charge is 0.120 e. The Hall–Kier alpha value is -0.760. The molecule has 2 heteroatoms. The normalized spacial score (nSPS) is 12.5. The average molecular weight is 194 g/mol. The van der Waals surface area contributed by atoms with E-state index in [0.29, 0.717) is 12.3 Å². The van der Waals surface area contributed by atoms with Crippen LogP contribution >= 0.6 is 11.8 Å². The average Bonchev–Trinajstić information content (AvgIpc) is 2.18. The van der Waals surface area contributed by atoms with Crippen molar-refractivity contribution in [2.45, 2.75) is 24.2 Å². The predicted octanol–water partition coefficient (Wildman–Crippen LogP) is 3.10. The number of rotatable bonds is 4. The van der Waals surface area contributed by atoms with Gasteiger partial charge in [0, 0.05) is 11.3 Å². The Kier molecular flexibility index (Phi) is 4.03. The van der Waals surface area contributed by atoms with E-state index in [4.69, 9.17) is 0 Å². The van der Waals surface area contributed by atoms with Gasteiger partial charge in [-0.2, -0.15) is 0 Å². The highest BCUT2D eigenvalue weighted by atomic mass is 32.2. The molecule has 1 aromatic rings. The zero-order chi connectivity index (χ0) is 9.68. The Morgan fingerprint density at radius 3 is 2.46 bits per heavy atom. The molecule has 0 aliphatic carbocycles. The van der Waals surface area contributed by atoms with E-state index in [2.05, 4.69) is 37.4 Å². The Morgan fingerprint density at radius 1 is 1.38 bits per heavy atom. The minimum Gasteiger partial charge on any atom is -0.303 e. The first-order valence-electron chi connectivity index (χ1n) is 4.35. The zero-order valence-electron chi connectivity index (χ0n) is 7.99. The highest BCUT2D eigenvalue weighted by Crippen LogP contribution is 2.21. The highest BCUT2D eigenvalue weighted by molar-refractivity contribution is 7.98. The van der Waals surface area contributed by atoms with Crippen LogP contribution in [0.2, 0.25) is 0 Å². The van der Waals surface area contributed by atoms with Crippen molar-refractivity contribution in [2.24, 2.45) is 0 Å². The third-order valence-corrected chi connectivity index (χ3v) is 2.88. The van der Waals surface area contributed by atoms with Crippen molar-refractivity contribution in [3.63, 3.8) is 0 Å². The first-order chi connectivity index (χ1) is 6.27. The molecule has 0 radical (unpaired) electrons. The Labute approximate surface area is 83.5 Å². The third kappa shape index (κ3) is 2.88. The van der Waals surface area contributed by atoms with E-state index in [1.165, 1.54) is 10.5 Å². The largest absolute Gasteiger partial charge is 0.303 e. The van der Waals surface area contributed by atoms with Crippen molar-refractivity contribution in [3.05, 3.63) is 29.8 Å². The molecule has 0 N–H and O–H groups in total. The van der Waals surface area contributed by atoms with Gasteiger partial charge in [-0.25, -0.2) is 0 Å². The van der Waals surface area contributed by atoms with Crippen LogP contribution in [0.1, 0.15) is 24.8 Å². The van der Waals surface area contributed by atoms with Crippen molar-refractivity contribution in [1.29, 1.82) is 0 Å². The van der Waals surface area contributed by atoms with Gasteiger partial charge >= 0.3 is 0 Å². The fourth-order valence-corrected chi connectivity index (χ4v) is 1.62. The van der Waals surface area contributed by atoms with Crippen molar-refractivity contribution < 1.29 is 4.79 Å². The summed E-state index contributed by atoms with van der Waals surface area (Å²) >= 11 is 1.73. The number of hydrogen-bond donors (Lipinski definition) is 0. The lowest BCUT2D eigenvalue weighted by atomic mass is 9.99. The molecule has 1 aromatic carbocycles. The Bertz CT molecular complexity index is 266. The minimum absolute atomic E-state index is 0.341. The molecule has 0 bridgehead atoms. The summed E-state index contributed by atoms with van der Waals surface area (Å²) in [5.74, 6) is 0.341. The van der Waals surface area contributed by atoms with Gasteiger partial charge < -0.3 is 4.79 Å². The maximum atomic E-state index is 10.3. The summed E-state index contributed by atoms with van der Waals surface area (Å²) in [5, 5.41) is 0. The van der Waals surface area contributed by atoms with Crippen LogP contribution < -0.4 is 0 Å². The molecule has 0 heterocycles. The SMILES string of the molecule is CSc1ccc(C(C)CC=O)cc1. The van der Waals surface area contributed by atoms with Gasteiger partial charge in [0.15, 0.2) is 0 Å². The maximum absolute atomic E-state index is 10.3. The monoisotopic (exact) mass is 194 g/mol. The van der Waals surface area contributed by atoms with Crippen molar-refractivity contribution in [3.8, 4) is 0 Å². The predicted molar refractivity (Wildman–Crippen MR) is 57.3 cm³/mol. The number of aldehydes is 1. The molecule has 0 saturated heterocycles. The van der Waals surface area contributed by atoms with E-state index in [1.54, 1.807) is 11.8 Å². The van der Waals surface area contributed by atoms with Crippen LogP contribution in [0.4, 0.5) is 0 Å². The molecular weight excluding hydrogens is 180 g/mol. The molecule has 0 aliphatic rings. The van der Waals surface area contributed by atoms with Gasteiger partial charge in [-0.15, -0.1) is 11.8 Å². The molecule has 0 spiro atoms. The second-order valence-electron chi connectivity index (χ2n) is 3.08. The van der Waals surface area contributed by atoms with Crippen molar-refractivity contribution in [1.82, 2.24) is 0 Å². The van der Waals surface area contributed by atoms with Crippen LogP contribution in [0.3, 0.4) is 0 Å². The summed E-state index contributed by atoms with van der Waals surface area (Å²) < 4.78 is 0. The fraction of sp³-hybridized carbons (Fsp3) is 0.364. The van der Waals surface area contributed by atoms with Crippen molar-refractivity contribution >= 4 is 18.0 Å². The van der Waals surface area contributed by atoms with E-state index < -0.39 is 0 Å². The number of benzene rings is 1. The minimum atomic E-state index is 0.341. The third-order valence-electron chi connectivity index (χ3n) is 2.13. The van der Waals surface area contributed by atoms with E-state index >= 15 is 0 Å². The van der Waals surface area contributed by atoms with E-state index in [9.17, 15) is 4.79 Å². The highest BCUT2D eigenvalue weighted by Gasteiger charge is 2.03. The van der Waals surface area contributed by atoms with Crippen molar-refractivity contribution in [2.75, 3.05) is 6.26 Å². The fourth-order valence-electron chi connectivity index (χ4n) is 1.21. The van der Waals surface area contributed by atoms with E-state index in [-0.39, 0.29) is 0 Å². The quantitative estimate of drug-likeness (QED) is 0.541. The van der Waals surface area contributed by atoms with Gasteiger partial charge in [0.2, 0.25) is 0 Å². The standard InChI is InChI=1S/C11H14OS/c1-9(7-8-12)10-3-5-11(13-2)6-4-10/h3-6,8-9H,7H2,1-2H3. The van der Waals surface area contributed by atoms with Gasteiger partial charge in [-0.05, 0) is 29.9 Å². The summed E-state index contributed by atoms with van der Waals surface area (Å²) in [6.07, 6.45) is 3.65. The van der Waals surface area contributed by atoms with Crippen LogP contribution in [0.5, 0.6) is 0 Å². The molecule has 70 valence electrons. The maximum Gasteiger partial charge on any atom is 0.120 e. The summed E-state index contributed by atoms with van der Waals surface area (Å²) in [6, 6.07) is 8.39. The van der Waals surface area contributed by atoms with E-state index in [1.807, 2.05) is 0 Å². The van der Waals surface area contributed by atoms with Crippen LogP contribution in [0.25, 0.3) is 0 Å². The lowest BCUT2D eigenvalue weighted by Gasteiger charge is -2.07. The Morgan fingerprint density at radius 2 is 2.00 bits per heavy atom. The van der Waals surface area contributed by atoms with Crippen LogP contribution in [0.15, 0.2) is 29.2 Å². The number of carbonyl (C=O) groups is 1. The number of thioether (sulfide) groups is 1. The lowest BCUT2D eigenvalue weighted by molar-refractivity contribution is -0.108. The molecule has 13 heavy (non-hydrogen) atoms. The van der Waals surface area contributed by atoms with E-state index in [0.717, 1.165) is 6.29 Å². The first kappa shape index (κ1) is 10.3. The van der Waals surface area contributed by atoms with Gasteiger partial charge in [0.25, 0.3) is 0 Å². The molecule has 0 aliphatic heterocycles. The molecule has 1 unspecified atom stereocenters. The molecule has 1 rings (SSSR count). The van der Waals surface area contributed by atoms with Gasteiger partial charge in [0.05, 0.1) is 0 Å². The molecule has 1 nitrogen and oxygen atoms in total. The summed E-state index contributed by atoms with van der Waals surface area (Å²) in [4.78, 5) is 11.6. The van der Waals surface area contributed by atoms with Crippen LogP contribution in [-0.4, -0.2) is 12.5 Å². The number of carbonyl (C=O) groups excluding carboxylic acids is 1. The lowest BCUT2D eigenvalue weighted by Crippen LogP contribution is -1.93. The van der Waals surface area contributed by atoms with Gasteiger partial charge in [0.1, 0.15) is 6.29 Å². The summed E-state index contributed by atoms with van der Waals surface area (Å²) in [5.41, 5.74) is 1.24. The second-order valence-corrected chi connectivity index (χ2v) is 3.96. The second kappa shape index (κ2) is 5.07. The summed E-state index contributed by atoms with van der Waals surface area (Å²) in [7, 11) is 0. The molecular formula is C11H14OS. The van der Waals surface area contributed by atoms with Gasteiger partial charge in [-0.1, -0.05) is 19.1 Å². The molecule has 0 fully saturated rings. The molecule has 0 aromatic heterocycles. The zero-order valence-corrected chi connectivity index (χ0v) is 8.80. The molecule has 0 amide bonds. The topological polar surface area (TPSA) is 17.1 Å². The molecule has 1 atom stereocenters. The first-order valence-corrected chi connectivity index (χ1v) is 5.58. The summed E-state index contributed by atoms with van der Waals surface area (Å²) in [6.45, 7) is 2.07. The van der Waals surface area contributed by atoms with Crippen LogP contribution in [-0.2, 0) is 4.79 Å². The van der Waals surface area contributed by atoms with Gasteiger partial charge in [-0.3, -0.25) is 0 Å². The molecule has 0 saturated carbocycles. The number of hydrogen-bond acceptors (Lipinski definition) is 2.